The SMILES string of the molecule is CN=C(NCc1ccco1)N1CCC(N2CCCCC2)C1.I. The molecule has 1 aromatic heterocycles. The summed E-state index contributed by atoms with van der Waals surface area (Å²) in [4.78, 5) is 9.47. The predicted octanol–water partition coefficient (Wildman–Crippen LogP) is 2.53. The molecule has 3 rings (SSSR count). The van der Waals surface area contributed by atoms with Crippen LogP contribution in [0.5, 0.6) is 0 Å². The topological polar surface area (TPSA) is 44.0 Å². The van der Waals surface area contributed by atoms with E-state index in [0.717, 1.165) is 24.8 Å². The van der Waals surface area contributed by atoms with Gasteiger partial charge in [0.25, 0.3) is 0 Å². The molecule has 2 saturated heterocycles. The first-order valence-corrected chi connectivity index (χ1v) is 8.09. The van der Waals surface area contributed by atoms with Gasteiger partial charge in [0.05, 0.1) is 12.8 Å². The smallest absolute Gasteiger partial charge is 0.194 e. The Labute approximate surface area is 150 Å². The molecule has 0 saturated carbocycles. The molecule has 0 aromatic carbocycles. The lowest BCUT2D eigenvalue weighted by Gasteiger charge is -2.32. The number of nitrogens with zero attached hydrogens (tertiary/aromatic N) is 3. The van der Waals surface area contributed by atoms with Crippen LogP contribution in [0.15, 0.2) is 27.8 Å². The molecular weight excluding hydrogens is 391 g/mol. The van der Waals surface area contributed by atoms with Crippen molar-refractivity contribution in [2.24, 2.45) is 4.99 Å². The van der Waals surface area contributed by atoms with Crippen molar-refractivity contribution in [1.29, 1.82) is 0 Å². The lowest BCUT2D eigenvalue weighted by atomic mass is 10.1. The normalized spacial score (nSPS) is 23.4. The van der Waals surface area contributed by atoms with Crippen LogP contribution in [0.1, 0.15) is 31.4 Å². The molecule has 0 bridgehead atoms. The maximum atomic E-state index is 5.36. The molecule has 22 heavy (non-hydrogen) atoms. The van der Waals surface area contributed by atoms with Gasteiger partial charge in [0.1, 0.15) is 5.76 Å². The molecule has 1 unspecified atom stereocenters. The number of hydrogen-bond donors (Lipinski definition) is 1. The maximum Gasteiger partial charge on any atom is 0.194 e. The quantitative estimate of drug-likeness (QED) is 0.466. The summed E-state index contributed by atoms with van der Waals surface area (Å²) in [6, 6.07) is 4.61. The monoisotopic (exact) mass is 418 g/mol. The second-order valence-corrected chi connectivity index (χ2v) is 5.97. The largest absolute Gasteiger partial charge is 0.467 e. The van der Waals surface area contributed by atoms with Crippen molar-refractivity contribution < 1.29 is 4.42 Å². The average molecular weight is 418 g/mol. The number of hydrogen-bond acceptors (Lipinski definition) is 3. The zero-order chi connectivity index (χ0) is 14.5. The summed E-state index contributed by atoms with van der Waals surface area (Å²) in [6.07, 6.45) is 7.09. The molecule has 124 valence electrons. The van der Waals surface area contributed by atoms with Crippen molar-refractivity contribution in [1.82, 2.24) is 15.1 Å². The van der Waals surface area contributed by atoms with Gasteiger partial charge in [-0.2, -0.15) is 0 Å². The molecule has 0 radical (unpaired) electrons. The second-order valence-electron chi connectivity index (χ2n) is 5.97. The van der Waals surface area contributed by atoms with E-state index < -0.39 is 0 Å². The molecule has 0 amide bonds. The first kappa shape index (κ1) is 17.6. The van der Waals surface area contributed by atoms with E-state index in [0.29, 0.717) is 12.6 Å². The summed E-state index contributed by atoms with van der Waals surface area (Å²) in [6.45, 7) is 5.44. The summed E-state index contributed by atoms with van der Waals surface area (Å²) >= 11 is 0. The van der Waals surface area contributed by atoms with Gasteiger partial charge in [-0.05, 0) is 44.5 Å². The Kier molecular flexibility index (Phi) is 7.01. The fourth-order valence-corrected chi connectivity index (χ4v) is 3.43. The molecular formula is C16H27IN4O. The van der Waals surface area contributed by atoms with Gasteiger partial charge in [-0.3, -0.25) is 9.89 Å². The molecule has 0 aliphatic carbocycles. The number of rotatable bonds is 3. The second kappa shape index (κ2) is 8.76. The Hall–Kier alpha value is -0.760. The van der Waals surface area contributed by atoms with Crippen LogP contribution in [0.2, 0.25) is 0 Å². The summed E-state index contributed by atoms with van der Waals surface area (Å²) in [5.41, 5.74) is 0. The Morgan fingerprint density at radius 1 is 1.32 bits per heavy atom. The van der Waals surface area contributed by atoms with E-state index in [9.17, 15) is 0 Å². The van der Waals surface area contributed by atoms with E-state index in [2.05, 4.69) is 20.1 Å². The number of nitrogens with one attached hydrogen (secondary N) is 1. The summed E-state index contributed by atoms with van der Waals surface area (Å²) in [5.74, 6) is 1.94. The van der Waals surface area contributed by atoms with E-state index in [-0.39, 0.29) is 24.0 Å². The van der Waals surface area contributed by atoms with E-state index >= 15 is 0 Å². The van der Waals surface area contributed by atoms with Crippen molar-refractivity contribution in [3.63, 3.8) is 0 Å². The molecule has 5 nitrogen and oxygen atoms in total. The predicted molar refractivity (Wildman–Crippen MR) is 99.7 cm³/mol. The molecule has 0 spiro atoms. The molecule has 1 N–H and O–H groups in total. The van der Waals surface area contributed by atoms with Gasteiger partial charge in [-0.25, -0.2) is 0 Å². The van der Waals surface area contributed by atoms with Crippen LogP contribution < -0.4 is 5.32 Å². The number of furan rings is 1. The van der Waals surface area contributed by atoms with Crippen molar-refractivity contribution in [3.8, 4) is 0 Å². The Morgan fingerprint density at radius 2 is 2.14 bits per heavy atom. The van der Waals surface area contributed by atoms with Crippen molar-refractivity contribution in [2.75, 3.05) is 33.2 Å². The first-order chi connectivity index (χ1) is 10.4. The summed E-state index contributed by atoms with van der Waals surface area (Å²) < 4.78 is 5.36. The van der Waals surface area contributed by atoms with Crippen LogP contribution in [-0.2, 0) is 6.54 Å². The number of piperidine rings is 1. The third-order valence-electron chi connectivity index (χ3n) is 4.58. The van der Waals surface area contributed by atoms with Gasteiger partial charge in [0, 0.05) is 26.2 Å². The van der Waals surface area contributed by atoms with Gasteiger partial charge < -0.3 is 14.6 Å². The number of guanidine groups is 1. The van der Waals surface area contributed by atoms with E-state index in [4.69, 9.17) is 4.42 Å². The molecule has 2 aliphatic heterocycles. The average Bonchev–Trinajstić information content (AvgIpc) is 3.20. The summed E-state index contributed by atoms with van der Waals surface area (Å²) in [7, 11) is 1.86. The molecule has 6 heteroatoms. The van der Waals surface area contributed by atoms with E-state index in [1.165, 1.54) is 38.8 Å². The Morgan fingerprint density at radius 3 is 2.82 bits per heavy atom. The Balaban J connectivity index is 0.00000176. The van der Waals surface area contributed by atoms with Crippen LogP contribution in [0.25, 0.3) is 0 Å². The maximum absolute atomic E-state index is 5.36. The van der Waals surface area contributed by atoms with Gasteiger partial charge in [0.15, 0.2) is 5.96 Å². The number of aliphatic imine (C=N–C) groups is 1. The number of likely N-dealkylation sites (tertiary alicyclic amines) is 2. The highest BCUT2D eigenvalue weighted by molar-refractivity contribution is 14.0. The molecule has 2 fully saturated rings. The standard InChI is InChI=1S/C16H26N4O.HI/c1-17-16(18-12-15-6-5-11-21-15)20-10-7-14(13-20)19-8-3-2-4-9-19;/h5-6,11,14H,2-4,7-10,12-13H2,1H3,(H,17,18);1H. The van der Waals surface area contributed by atoms with Crippen LogP contribution >= 0.6 is 24.0 Å². The van der Waals surface area contributed by atoms with Gasteiger partial charge in [-0.1, -0.05) is 6.42 Å². The minimum absolute atomic E-state index is 0. The zero-order valence-corrected chi connectivity index (χ0v) is 15.7. The van der Waals surface area contributed by atoms with Crippen molar-refractivity contribution >= 4 is 29.9 Å². The minimum Gasteiger partial charge on any atom is -0.467 e. The third kappa shape index (κ3) is 4.38. The molecule has 1 atom stereocenters. The van der Waals surface area contributed by atoms with Gasteiger partial charge >= 0.3 is 0 Å². The highest BCUT2D eigenvalue weighted by Gasteiger charge is 2.29. The molecule has 1 aromatic rings. The zero-order valence-electron chi connectivity index (χ0n) is 13.3. The van der Waals surface area contributed by atoms with E-state index in [1.807, 2.05) is 19.2 Å². The van der Waals surface area contributed by atoms with Crippen molar-refractivity contribution in [2.45, 2.75) is 38.3 Å². The lowest BCUT2D eigenvalue weighted by molar-refractivity contribution is 0.168. The van der Waals surface area contributed by atoms with Crippen LogP contribution in [0, 0.1) is 0 Å². The van der Waals surface area contributed by atoms with Gasteiger partial charge in [-0.15, -0.1) is 24.0 Å². The first-order valence-electron chi connectivity index (χ1n) is 8.09. The highest BCUT2D eigenvalue weighted by atomic mass is 127. The summed E-state index contributed by atoms with van der Waals surface area (Å²) in [5, 5.41) is 3.40. The highest BCUT2D eigenvalue weighted by Crippen LogP contribution is 2.20. The van der Waals surface area contributed by atoms with Gasteiger partial charge in [0.2, 0.25) is 0 Å². The molecule has 3 heterocycles. The lowest BCUT2D eigenvalue weighted by Crippen LogP contribution is -2.44. The molecule has 2 aliphatic rings. The fourth-order valence-electron chi connectivity index (χ4n) is 3.43. The fraction of sp³-hybridized carbons (Fsp3) is 0.688. The van der Waals surface area contributed by atoms with Crippen LogP contribution in [-0.4, -0.2) is 55.0 Å². The minimum atomic E-state index is 0. The van der Waals surface area contributed by atoms with Crippen LogP contribution in [0.3, 0.4) is 0 Å². The van der Waals surface area contributed by atoms with E-state index in [1.54, 1.807) is 6.26 Å². The Bertz CT molecular complexity index is 457. The third-order valence-corrected chi connectivity index (χ3v) is 4.58. The van der Waals surface area contributed by atoms with Crippen molar-refractivity contribution in [3.05, 3.63) is 24.2 Å². The van der Waals surface area contributed by atoms with Crippen LogP contribution in [0.4, 0.5) is 0 Å². The number of halogens is 1.